The lowest BCUT2D eigenvalue weighted by atomic mass is 10.0. The zero-order valence-corrected chi connectivity index (χ0v) is 12.5. The number of hydrogen-bond acceptors (Lipinski definition) is 4. The Bertz CT molecular complexity index is 721. The molecular weight excluding hydrogens is 280 g/mol. The molecule has 4 nitrogen and oxygen atoms in total. The summed E-state index contributed by atoms with van der Waals surface area (Å²) < 4.78 is 11.9. The van der Waals surface area contributed by atoms with Crippen LogP contribution in [0.5, 0.6) is 23.0 Å². The lowest BCUT2D eigenvalue weighted by Crippen LogP contribution is -2.30. The Hall–Kier alpha value is -2.62. The highest BCUT2D eigenvalue weighted by Crippen LogP contribution is 2.42. The molecule has 114 valence electrons. The van der Waals surface area contributed by atoms with Crippen molar-refractivity contribution in [2.45, 2.75) is 26.1 Å². The Kier molecular flexibility index (Phi) is 3.67. The first-order valence-electron chi connectivity index (χ1n) is 7.20. The maximum absolute atomic E-state index is 10.0. The van der Waals surface area contributed by atoms with Crippen LogP contribution in [0.4, 0.5) is 0 Å². The highest BCUT2D eigenvalue weighted by Gasteiger charge is 2.31. The Morgan fingerprint density at radius 2 is 1.82 bits per heavy atom. The fourth-order valence-electron chi connectivity index (χ4n) is 2.59. The number of hydrogen-bond donors (Lipinski definition) is 2. The molecule has 3 rings (SSSR count). The zero-order chi connectivity index (χ0) is 15.7. The van der Waals surface area contributed by atoms with Gasteiger partial charge in [0.25, 0.3) is 0 Å². The molecule has 0 saturated heterocycles. The highest BCUT2D eigenvalue weighted by molar-refractivity contribution is 5.56. The zero-order valence-electron chi connectivity index (χ0n) is 12.5. The molecule has 2 atom stereocenters. The van der Waals surface area contributed by atoms with Crippen LogP contribution in [0.3, 0.4) is 0 Å². The molecule has 1 aliphatic rings. The molecule has 2 N–H and O–H groups in total. The predicted molar refractivity (Wildman–Crippen MR) is 84.4 cm³/mol. The Labute approximate surface area is 129 Å². The third kappa shape index (κ3) is 2.60. The van der Waals surface area contributed by atoms with Crippen molar-refractivity contribution < 1.29 is 19.7 Å². The van der Waals surface area contributed by atoms with Gasteiger partial charge >= 0.3 is 0 Å². The fourth-order valence-corrected chi connectivity index (χ4v) is 2.59. The summed E-state index contributed by atoms with van der Waals surface area (Å²) in [6, 6.07) is 10.2. The maximum atomic E-state index is 10.0. The normalized spacial score (nSPS) is 20.3. The van der Waals surface area contributed by atoms with Gasteiger partial charge in [-0.3, -0.25) is 0 Å². The minimum atomic E-state index is -0.436. The molecule has 0 spiro atoms. The second kappa shape index (κ2) is 5.64. The van der Waals surface area contributed by atoms with Crippen molar-refractivity contribution in [3.8, 4) is 23.0 Å². The smallest absolute Gasteiger partial charge is 0.164 e. The van der Waals surface area contributed by atoms with E-state index in [1.54, 1.807) is 6.07 Å². The number of ether oxygens (including phenoxy) is 2. The van der Waals surface area contributed by atoms with Crippen LogP contribution in [-0.4, -0.2) is 16.3 Å². The molecule has 0 radical (unpaired) electrons. The Morgan fingerprint density at radius 3 is 2.55 bits per heavy atom. The predicted octanol–water partition coefficient (Wildman–Crippen LogP) is 4.03. The van der Waals surface area contributed by atoms with E-state index in [1.807, 2.05) is 44.2 Å². The van der Waals surface area contributed by atoms with E-state index in [1.165, 1.54) is 12.1 Å². The van der Waals surface area contributed by atoms with Gasteiger partial charge in [-0.25, -0.2) is 0 Å². The van der Waals surface area contributed by atoms with Gasteiger partial charge in [0.15, 0.2) is 17.6 Å². The van der Waals surface area contributed by atoms with E-state index in [0.717, 1.165) is 5.56 Å². The van der Waals surface area contributed by atoms with Gasteiger partial charge in [-0.15, -0.1) is 0 Å². The summed E-state index contributed by atoms with van der Waals surface area (Å²) >= 11 is 0. The first-order chi connectivity index (χ1) is 10.6. The number of phenolic OH excluding ortho intramolecular Hbond substituents is 2. The molecule has 0 fully saturated rings. The standard InChI is InChI=1S/C18H18O4/c1-3-4-12-5-8-16-17(9-12)22-18(11(2)21-16)14-7-6-13(19)10-15(14)20/h3-11,18-20H,1-2H3/t11-,18-/m1/s1. The third-order valence-electron chi connectivity index (χ3n) is 3.64. The van der Waals surface area contributed by atoms with Crippen LogP contribution in [0.2, 0.25) is 0 Å². The SMILES string of the molecule is CC=Cc1ccc2c(c1)O[C@@H](c1ccc(O)cc1O)[C@@H](C)O2. The number of benzene rings is 2. The van der Waals surface area contributed by atoms with Gasteiger partial charge in [-0.2, -0.15) is 0 Å². The van der Waals surface area contributed by atoms with Gasteiger partial charge in [0.2, 0.25) is 0 Å². The minimum absolute atomic E-state index is 0.00601. The first-order valence-corrected chi connectivity index (χ1v) is 7.20. The van der Waals surface area contributed by atoms with E-state index in [2.05, 4.69) is 0 Å². The van der Waals surface area contributed by atoms with Gasteiger partial charge in [-0.1, -0.05) is 18.2 Å². The number of fused-ring (bicyclic) bond motifs is 1. The average Bonchev–Trinajstić information content (AvgIpc) is 2.48. The topological polar surface area (TPSA) is 58.9 Å². The largest absolute Gasteiger partial charge is 0.508 e. The van der Waals surface area contributed by atoms with E-state index in [0.29, 0.717) is 17.1 Å². The molecule has 1 aliphatic heterocycles. The van der Waals surface area contributed by atoms with Crippen LogP contribution in [0, 0.1) is 0 Å². The van der Waals surface area contributed by atoms with Crippen molar-refractivity contribution in [1.82, 2.24) is 0 Å². The third-order valence-corrected chi connectivity index (χ3v) is 3.64. The summed E-state index contributed by atoms with van der Waals surface area (Å²) in [7, 11) is 0. The molecule has 2 aromatic rings. The van der Waals surface area contributed by atoms with E-state index in [4.69, 9.17) is 9.47 Å². The monoisotopic (exact) mass is 298 g/mol. The van der Waals surface area contributed by atoms with Crippen molar-refractivity contribution in [2.24, 2.45) is 0 Å². The van der Waals surface area contributed by atoms with Gasteiger partial charge in [0.05, 0.1) is 0 Å². The van der Waals surface area contributed by atoms with Crippen LogP contribution in [-0.2, 0) is 0 Å². The summed E-state index contributed by atoms with van der Waals surface area (Å²) in [5.41, 5.74) is 1.61. The second-order valence-corrected chi connectivity index (χ2v) is 5.31. The van der Waals surface area contributed by atoms with Crippen molar-refractivity contribution in [1.29, 1.82) is 0 Å². The number of allylic oxidation sites excluding steroid dienone is 1. The van der Waals surface area contributed by atoms with Crippen LogP contribution >= 0.6 is 0 Å². The minimum Gasteiger partial charge on any atom is -0.508 e. The first kappa shape index (κ1) is 14.3. The van der Waals surface area contributed by atoms with E-state index in [9.17, 15) is 10.2 Å². The molecule has 22 heavy (non-hydrogen) atoms. The molecule has 0 saturated carbocycles. The van der Waals surface area contributed by atoms with Crippen LogP contribution < -0.4 is 9.47 Å². The van der Waals surface area contributed by atoms with Gasteiger partial charge in [0, 0.05) is 11.6 Å². The van der Waals surface area contributed by atoms with Gasteiger partial charge < -0.3 is 19.7 Å². The summed E-state index contributed by atoms with van der Waals surface area (Å²) in [6.07, 6.45) is 3.25. The van der Waals surface area contributed by atoms with E-state index in [-0.39, 0.29) is 17.6 Å². The summed E-state index contributed by atoms with van der Waals surface area (Å²) in [4.78, 5) is 0. The van der Waals surface area contributed by atoms with Crippen molar-refractivity contribution >= 4 is 6.08 Å². The molecule has 4 heteroatoms. The van der Waals surface area contributed by atoms with Crippen molar-refractivity contribution in [2.75, 3.05) is 0 Å². The molecule has 2 aromatic carbocycles. The molecule has 0 bridgehead atoms. The second-order valence-electron chi connectivity index (χ2n) is 5.31. The highest BCUT2D eigenvalue weighted by atomic mass is 16.6. The lowest BCUT2D eigenvalue weighted by molar-refractivity contribution is 0.0293. The van der Waals surface area contributed by atoms with E-state index < -0.39 is 6.10 Å². The summed E-state index contributed by atoms with van der Waals surface area (Å²) in [5, 5.41) is 19.5. The average molecular weight is 298 g/mol. The van der Waals surface area contributed by atoms with Crippen molar-refractivity contribution in [3.63, 3.8) is 0 Å². The quantitative estimate of drug-likeness (QED) is 0.878. The molecule has 0 unspecified atom stereocenters. The maximum Gasteiger partial charge on any atom is 0.164 e. The van der Waals surface area contributed by atoms with Gasteiger partial charge in [0.1, 0.15) is 17.6 Å². The molecule has 0 amide bonds. The Balaban J connectivity index is 1.97. The summed E-state index contributed by atoms with van der Waals surface area (Å²) in [5.74, 6) is 1.34. The summed E-state index contributed by atoms with van der Waals surface area (Å²) in [6.45, 7) is 3.84. The molecule has 1 heterocycles. The van der Waals surface area contributed by atoms with Crippen LogP contribution in [0.1, 0.15) is 31.1 Å². The molecule has 0 aromatic heterocycles. The number of aromatic hydroxyl groups is 2. The molecular formula is C18H18O4. The van der Waals surface area contributed by atoms with Crippen molar-refractivity contribution in [3.05, 3.63) is 53.6 Å². The van der Waals surface area contributed by atoms with E-state index >= 15 is 0 Å². The number of phenols is 2. The lowest BCUT2D eigenvalue weighted by Gasteiger charge is -2.32. The number of rotatable bonds is 2. The van der Waals surface area contributed by atoms with Crippen LogP contribution in [0.25, 0.3) is 6.08 Å². The molecule has 0 aliphatic carbocycles. The fraction of sp³-hybridized carbons (Fsp3) is 0.222. The van der Waals surface area contributed by atoms with Gasteiger partial charge in [-0.05, 0) is 43.7 Å². The Morgan fingerprint density at radius 1 is 1.00 bits per heavy atom. The van der Waals surface area contributed by atoms with Crippen LogP contribution in [0.15, 0.2) is 42.5 Å².